The molecule has 0 spiro atoms. The molecule has 0 unspecified atom stereocenters. The van der Waals surface area contributed by atoms with Gasteiger partial charge in [-0.25, -0.2) is 8.78 Å². The summed E-state index contributed by atoms with van der Waals surface area (Å²) in [5.74, 6) is -2.51. The van der Waals surface area contributed by atoms with E-state index in [0.717, 1.165) is 5.56 Å². The molecule has 0 bridgehead atoms. The van der Waals surface area contributed by atoms with Crippen molar-refractivity contribution in [2.24, 2.45) is 5.41 Å². The first-order valence-corrected chi connectivity index (χ1v) is 7.24. The molecule has 0 aliphatic carbocycles. The van der Waals surface area contributed by atoms with E-state index >= 15 is 0 Å². The normalized spacial score (nSPS) is 12.6. The van der Waals surface area contributed by atoms with Crippen molar-refractivity contribution in [3.63, 3.8) is 0 Å². The van der Waals surface area contributed by atoms with Gasteiger partial charge in [-0.1, -0.05) is 49.7 Å². The second-order valence-electron chi connectivity index (χ2n) is 6.13. The molecule has 1 aromatic carbocycles. The van der Waals surface area contributed by atoms with Gasteiger partial charge in [-0.3, -0.25) is 0 Å². The summed E-state index contributed by atoms with van der Waals surface area (Å²) in [5.41, 5.74) is 0.292. The van der Waals surface area contributed by atoms with E-state index < -0.39 is 17.9 Å². The Morgan fingerprint density at radius 2 is 1.82 bits per heavy atom. The Morgan fingerprint density at radius 1 is 1.18 bits per heavy atom. The van der Waals surface area contributed by atoms with Gasteiger partial charge in [0.15, 0.2) is 5.76 Å². The van der Waals surface area contributed by atoms with Crippen LogP contribution in [0.15, 0.2) is 34.9 Å². The fourth-order valence-electron chi connectivity index (χ4n) is 1.63. The molecule has 1 heterocycles. The molecule has 0 saturated carbocycles. The largest absolute Gasteiger partial charge is 0.367 e. The second kappa shape index (κ2) is 6.34. The molecule has 0 aliphatic heterocycles. The SMILES string of the molecule is CC(C)(C)C(F)(F)COCc1cc(-c2ccc(Cl)cc2)no1. The molecule has 0 atom stereocenters. The van der Waals surface area contributed by atoms with Crippen molar-refractivity contribution >= 4 is 11.6 Å². The van der Waals surface area contributed by atoms with Crippen LogP contribution in [0.2, 0.25) is 5.02 Å². The highest BCUT2D eigenvalue weighted by Gasteiger charge is 2.43. The van der Waals surface area contributed by atoms with Crippen LogP contribution in [0.3, 0.4) is 0 Å². The van der Waals surface area contributed by atoms with E-state index in [1.54, 1.807) is 30.3 Å². The molecule has 0 aliphatic rings. The molecular weight excluding hydrogens is 312 g/mol. The van der Waals surface area contributed by atoms with Crippen LogP contribution in [0.25, 0.3) is 11.3 Å². The number of aromatic nitrogens is 1. The smallest absolute Gasteiger partial charge is 0.275 e. The van der Waals surface area contributed by atoms with E-state index in [1.165, 1.54) is 20.8 Å². The summed E-state index contributed by atoms with van der Waals surface area (Å²) in [7, 11) is 0. The monoisotopic (exact) mass is 329 g/mol. The van der Waals surface area contributed by atoms with Crippen molar-refractivity contribution < 1.29 is 18.0 Å². The van der Waals surface area contributed by atoms with Crippen molar-refractivity contribution in [2.75, 3.05) is 6.61 Å². The summed E-state index contributed by atoms with van der Waals surface area (Å²) in [5, 5.41) is 4.52. The number of halogens is 3. The third-order valence-electron chi connectivity index (χ3n) is 3.32. The average Bonchev–Trinajstić information content (AvgIpc) is 2.87. The summed E-state index contributed by atoms with van der Waals surface area (Å²) in [6.45, 7) is 3.72. The number of benzene rings is 1. The Balaban J connectivity index is 1.94. The average molecular weight is 330 g/mol. The first kappa shape index (κ1) is 16.9. The molecule has 2 aromatic rings. The third kappa shape index (κ3) is 4.05. The summed E-state index contributed by atoms with van der Waals surface area (Å²) in [6, 6.07) is 8.76. The van der Waals surface area contributed by atoms with Gasteiger partial charge in [0.25, 0.3) is 5.92 Å². The van der Waals surface area contributed by atoms with Crippen molar-refractivity contribution in [3.8, 4) is 11.3 Å². The van der Waals surface area contributed by atoms with Gasteiger partial charge in [-0.05, 0) is 12.1 Å². The van der Waals surface area contributed by atoms with Crippen LogP contribution in [0, 0.1) is 5.41 Å². The van der Waals surface area contributed by atoms with E-state index in [-0.39, 0.29) is 6.61 Å². The van der Waals surface area contributed by atoms with Gasteiger partial charge in [-0.15, -0.1) is 0 Å². The fraction of sp³-hybridized carbons (Fsp3) is 0.438. The van der Waals surface area contributed by atoms with Gasteiger partial charge in [0.1, 0.15) is 18.9 Å². The minimum atomic E-state index is -2.91. The standard InChI is InChI=1S/C16H18ClF2NO2/c1-15(2,3)16(18,19)10-21-9-13-8-14(20-22-13)11-4-6-12(17)7-5-11/h4-8H,9-10H2,1-3H3. The van der Waals surface area contributed by atoms with Gasteiger partial charge < -0.3 is 9.26 Å². The maximum Gasteiger partial charge on any atom is 0.275 e. The number of alkyl halides is 2. The maximum absolute atomic E-state index is 13.8. The van der Waals surface area contributed by atoms with Crippen LogP contribution in [0.1, 0.15) is 26.5 Å². The molecular formula is C16H18ClF2NO2. The summed E-state index contributed by atoms with van der Waals surface area (Å²) in [4.78, 5) is 0. The topological polar surface area (TPSA) is 35.3 Å². The Hall–Kier alpha value is -1.46. The lowest BCUT2D eigenvalue weighted by Crippen LogP contribution is -2.38. The van der Waals surface area contributed by atoms with Crippen molar-refractivity contribution in [2.45, 2.75) is 33.3 Å². The van der Waals surface area contributed by atoms with Gasteiger partial charge in [0.2, 0.25) is 0 Å². The molecule has 3 nitrogen and oxygen atoms in total. The Morgan fingerprint density at radius 3 is 2.41 bits per heavy atom. The summed E-state index contributed by atoms with van der Waals surface area (Å²) in [6.07, 6.45) is 0. The zero-order valence-electron chi connectivity index (χ0n) is 12.7. The quantitative estimate of drug-likeness (QED) is 0.757. The van der Waals surface area contributed by atoms with E-state index in [4.69, 9.17) is 20.9 Å². The highest BCUT2D eigenvalue weighted by Crippen LogP contribution is 2.35. The number of ether oxygens (including phenoxy) is 1. The molecule has 6 heteroatoms. The first-order chi connectivity index (χ1) is 10.2. The van der Waals surface area contributed by atoms with E-state index in [0.29, 0.717) is 16.5 Å². The zero-order valence-corrected chi connectivity index (χ0v) is 13.5. The summed E-state index contributed by atoms with van der Waals surface area (Å²) < 4.78 is 37.7. The Bertz CT molecular complexity index is 618. The third-order valence-corrected chi connectivity index (χ3v) is 3.58. The Kier molecular flexibility index (Phi) is 4.87. The number of nitrogens with zero attached hydrogens (tertiary/aromatic N) is 1. The molecule has 0 fully saturated rings. The number of rotatable bonds is 5. The minimum Gasteiger partial charge on any atom is -0.367 e. The van der Waals surface area contributed by atoms with Crippen LogP contribution in [0.5, 0.6) is 0 Å². The lowest BCUT2D eigenvalue weighted by atomic mass is 9.88. The van der Waals surface area contributed by atoms with Gasteiger partial charge >= 0.3 is 0 Å². The van der Waals surface area contributed by atoms with Crippen molar-refractivity contribution in [1.82, 2.24) is 5.16 Å². The lowest BCUT2D eigenvalue weighted by Gasteiger charge is -2.29. The second-order valence-corrected chi connectivity index (χ2v) is 6.57. The van der Waals surface area contributed by atoms with Crippen molar-refractivity contribution in [3.05, 3.63) is 41.1 Å². The highest BCUT2D eigenvalue weighted by molar-refractivity contribution is 6.30. The van der Waals surface area contributed by atoms with E-state index in [1.807, 2.05) is 0 Å². The van der Waals surface area contributed by atoms with Crippen LogP contribution in [0.4, 0.5) is 8.78 Å². The highest BCUT2D eigenvalue weighted by atomic mass is 35.5. The summed E-state index contributed by atoms with van der Waals surface area (Å²) >= 11 is 5.82. The number of hydrogen-bond donors (Lipinski definition) is 0. The predicted octanol–water partition coefficient (Wildman–Crippen LogP) is 5.19. The van der Waals surface area contributed by atoms with Crippen LogP contribution in [-0.4, -0.2) is 17.7 Å². The molecule has 0 saturated heterocycles. The predicted molar refractivity (Wildman–Crippen MR) is 81.0 cm³/mol. The van der Waals surface area contributed by atoms with Gasteiger partial charge in [0.05, 0.1) is 0 Å². The van der Waals surface area contributed by atoms with Crippen LogP contribution < -0.4 is 0 Å². The van der Waals surface area contributed by atoms with Crippen LogP contribution in [-0.2, 0) is 11.3 Å². The van der Waals surface area contributed by atoms with Crippen molar-refractivity contribution in [1.29, 1.82) is 0 Å². The lowest BCUT2D eigenvalue weighted by molar-refractivity contribution is -0.150. The zero-order chi connectivity index (χ0) is 16.4. The Labute approximate surface area is 133 Å². The minimum absolute atomic E-state index is 0.0493. The fourth-order valence-corrected chi connectivity index (χ4v) is 1.76. The first-order valence-electron chi connectivity index (χ1n) is 6.86. The van der Waals surface area contributed by atoms with Gasteiger partial charge in [0, 0.05) is 22.1 Å². The van der Waals surface area contributed by atoms with E-state index in [2.05, 4.69) is 5.16 Å². The van der Waals surface area contributed by atoms with E-state index in [9.17, 15) is 8.78 Å². The number of hydrogen-bond acceptors (Lipinski definition) is 3. The maximum atomic E-state index is 13.8. The molecule has 22 heavy (non-hydrogen) atoms. The molecule has 0 N–H and O–H groups in total. The van der Waals surface area contributed by atoms with Gasteiger partial charge in [-0.2, -0.15) is 0 Å². The van der Waals surface area contributed by atoms with Crippen LogP contribution >= 0.6 is 11.6 Å². The molecule has 120 valence electrons. The molecule has 2 rings (SSSR count). The molecule has 0 amide bonds. The molecule has 1 aromatic heterocycles. The molecule has 0 radical (unpaired) electrons.